The summed E-state index contributed by atoms with van der Waals surface area (Å²) in [6.07, 6.45) is 3.89. The predicted molar refractivity (Wildman–Crippen MR) is 59.7 cm³/mol. The summed E-state index contributed by atoms with van der Waals surface area (Å²) >= 11 is 3.71. The van der Waals surface area contributed by atoms with Crippen LogP contribution in [0.2, 0.25) is 0 Å². The van der Waals surface area contributed by atoms with Gasteiger partial charge in [-0.05, 0) is 32.2 Å². The number of halogens is 1. The van der Waals surface area contributed by atoms with Crippen molar-refractivity contribution in [2.75, 3.05) is 32.1 Å². The van der Waals surface area contributed by atoms with Gasteiger partial charge in [-0.25, -0.2) is 0 Å². The fourth-order valence-corrected chi connectivity index (χ4v) is 4.67. The first-order valence-corrected chi connectivity index (χ1v) is 6.73. The van der Waals surface area contributed by atoms with Crippen molar-refractivity contribution in [1.29, 1.82) is 0 Å². The zero-order valence-corrected chi connectivity index (χ0v) is 10.3. The number of hydrogen-bond donors (Lipinski definition) is 0. The molecule has 0 bridgehead atoms. The van der Waals surface area contributed by atoms with Gasteiger partial charge in [0.15, 0.2) is 0 Å². The highest BCUT2D eigenvalue weighted by Gasteiger charge is 2.70. The van der Waals surface area contributed by atoms with Crippen LogP contribution in [0.15, 0.2) is 0 Å². The van der Waals surface area contributed by atoms with Gasteiger partial charge in [0.05, 0.1) is 12.2 Å². The lowest BCUT2D eigenvalue weighted by atomic mass is 9.78. The topological polar surface area (TPSA) is 12.5 Å². The highest BCUT2D eigenvalue weighted by atomic mass is 79.9. The van der Waals surface area contributed by atoms with Gasteiger partial charge in [-0.15, -0.1) is 0 Å². The van der Waals surface area contributed by atoms with Gasteiger partial charge >= 0.3 is 0 Å². The first-order valence-electron chi connectivity index (χ1n) is 5.61. The van der Waals surface area contributed by atoms with E-state index in [-0.39, 0.29) is 5.60 Å². The second-order valence-corrected chi connectivity index (χ2v) is 5.86. The van der Waals surface area contributed by atoms with Crippen LogP contribution in [0.4, 0.5) is 0 Å². The van der Waals surface area contributed by atoms with Crippen molar-refractivity contribution in [2.45, 2.75) is 24.9 Å². The van der Waals surface area contributed by atoms with E-state index in [1.54, 1.807) is 0 Å². The van der Waals surface area contributed by atoms with Crippen LogP contribution < -0.4 is 0 Å². The zero-order valence-electron chi connectivity index (χ0n) is 8.76. The molecule has 2 nitrogen and oxygen atoms in total. The molecule has 2 aliphatic heterocycles. The lowest BCUT2D eigenvalue weighted by Gasteiger charge is -2.43. The van der Waals surface area contributed by atoms with Gasteiger partial charge < -0.3 is 9.64 Å². The minimum atomic E-state index is 0.244. The van der Waals surface area contributed by atoms with Crippen molar-refractivity contribution < 1.29 is 4.74 Å². The van der Waals surface area contributed by atoms with Crippen molar-refractivity contribution in [3.63, 3.8) is 0 Å². The molecule has 1 spiro atoms. The van der Waals surface area contributed by atoms with Crippen LogP contribution in [-0.4, -0.2) is 42.6 Å². The van der Waals surface area contributed by atoms with Crippen molar-refractivity contribution in [1.82, 2.24) is 4.90 Å². The fraction of sp³-hybridized carbons (Fsp3) is 1.00. The Hall–Kier alpha value is 0.400. The van der Waals surface area contributed by atoms with Crippen LogP contribution in [0, 0.1) is 11.3 Å². The van der Waals surface area contributed by atoms with E-state index in [9.17, 15) is 0 Å². The molecular weight excluding hydrogens is 242 g/mol. The van der Waals surface area contributed by atoms with E-state index >= 15 is 0 Å². The number of likely N-dealkylation sites (tertiary alicyclic amines) is 1. The molecule has 3 rings (SSSR count). The molecule has 3 fully saturated rings. The molecule has 0 N–H and O–H groups in total. The van der Waals surface area contributed by atoms with Crippen molar-refractivity contribution in [2.24, 2.45) is 11.3 Å². The van der Waals surface area contributed by atoms with Crippen LogP contribution >= 0.6 is 15.9 Å². The first kappa shape index (κ1) is 9.61. The van der Waals surface area contributed by atoms with E-state index in [1.807, 2.05) is 0 Å². The molecule has 2 atom stereocenters. The number of ether oxygens (including phenoxy) is 1. The van der Waals surface area contributed by atoms with Crippen LogP contribution in [0.5, 0.6) is 0 Å². The smallest absolute Gasteiger partial charge is 0.0774 e. The minimum Gasteiger partial charge on any atom is -0.374 e. The summed E-state index contributed by atoms with van der Waals surface area (Å²) in [7, 11) is 2.22. The first-order chi connectivity index (χ1) is 6.72. The Kier molecular flexibility index (Phi) is 2.03. The zero-order chi connectivity index (χ0) is 9.81. The SMILES string of the molecule is CN1CCC2(CC1)OCC1CC12CBr. The standard InChI is InChI=1S/C11H18BrNO/c1-13-4-2-11(3-5-13)10(8-12)6-9(10)7-14-11/h9H,2-8H2,1H3. The number of hydrogen-bond acceptors (Lipinski definition) is 2. The van der Waals surface area contributed by atoms with Crippen molar-refractivity contribution in [3.05, 3.63) is 0 Å². The van der Waals surface area contributed by atoms with Gasteiger partial charge in [0.2, 0.25) is 0 Å². The average Bonchev–Trinajstić information content (AvgIpc) is 2.87. The monoisotopic (exact) mass is 259 g/mol. The van der Waals surface area contributed by atoms with E-state index < -0.39 is 0 Å². The second kappa shape index (κ2) is 2.96. The summed E-state index contributed by atoms with van der Waals surface area (Å²) in [5.41, 5.74) is 0.766. The molecule has 1 saturated carbocycles. The van der Waals surface area contributed by atoms with E-state index in [0.717, 1.165) is 17.9 Å². The Morgan fingerprint density at radius 3 is 2.71 bits per heavy atom. The third-order valence-electron chi connectivity index (χ3n) is 4.73. The number of alkyl halides is 1. The van der Waals surface area contributed by atoms with Crippen molar-refractivity contribution in [3.8, 4) is 0 Å². The quantitative estimate of drug-likeness (QED) is 0.667. The predicted octanol–water partition coefficient (Wildman–Crippen LogP) is 1.88. The van der Waals surface area contributed by atoms with Gasteiger partial charge in [-0.2, -0.15) is 0 Å². The maximum absolute atomic E-state index is 6.13. The molecule has 80 valence electrons. The van der Waals surface area contributed by atoms with E-state index in [1.165, 1.54) is 32.4 Å². The van der Waals surface area contributed by atoms with Crippen LogP contribution in [0.3, 0.4) is 0 Å². The highest BCUT2D eigenvalue weighted by Crippen LogP contribution is 2.68. The Morgan fingerprint density at radius 1 is 1.43 bits per heavy atom. The summed E-state index contributed by atoms with van der Waals surface area (Å²) < 4.78 is 6.13. The third-order valence-corrected chi connectivity index (χ3v) is 5.73. The number of piperidine rings is 1. The summed E-state index contributed by atoms with van der Waals surface area (Å²) in [5.74, 6) is 0.866. The number of nitrogens with zero attached hydrogens (tertiary/aromatic N) is 1. The Bertz CT molecular complexity index is 246. The summed E-state index contributed by atoms with van der Waals surface area (Å²) in [4.78, 5) is 2.42. The van der Waals surface area contributed by atoms with Crippen LogP contribution in [0.1, 0.15) is 19.3 Å². The Balaban J connectivity index is 1.83. The van der Waals surface area contributed by atoms with E-state index in [0.29, 0.717) is 5.41 Å². The van der Waals surface area contributed by atoms with Gasteiger partial charge in [0, 0.05) is 23.8 Å². The van der Waals surface area contributed by atoms with E-state index in [2.05, 4.69) is 27.9 Å². The molecule has 0 aromatic heterocycles. The molecule has 2 saturated heterocycles. The van der Waals surface area contributed by atoms with Gasteiger partial charge in [0.1, 0.15) is 0 Å². The minimum absolute atomic E-state index is 0.244. The van der Waals surface area contributed by atoms with Crippen LogP contribution in [-0.2, 0) is 4.74 Å². The molecule has 3 aliphatic rings. The highest BCUT2D eigenvalue weighted by molar-refractivity contribution is 9.09. The average molecular weight is 260 g/mol. The summed E-state index contributed by atoms with van der Waals surface area (Å²) in [6.45, 7) is 3.44. The fourth-order valence-electron chi connectivity index (χ4n) is 3.47. The van der Waals surface area contributed by atoms with Gasteiger partial charge in [-0.1, -0.05) is 15.9 Å². The Labute approximate surface area is 94.1 Å². The molecule has 2 heterocycles. The molecular formula is C11H18BrNO. The maximum Gasteiger partial charge on any atom is 0.0774 e. The molecule has 0 amide bonds. The normalized spacial score (nSPS) is 45.4. The molecule has 0 radical (unpaired) electrons. The van der Waals surface area contributed by atoms with E-state index in [4.69, 9.17) is 4.74 Å². The molecule has 0 aromatic rings. The lowest BCUT2D eigenvalue weighted by molar-refractivity contribution is -0.0849. The molecule has 1 aliphatic carbocycles. The molecule has 3 heteroatoms. The number of rotatable bonds is 1. The third kappa shape index (κ3) is 1.04. The Morgan fingerprint density at radius 2 is 2.14 bits per heavy atom. The maximum atomic E-state index is 6.13. The number of fused-ring (bicyclic) bond motifs is 2. The van der Waals surface area contributed by atoms with Gasteiger partial charge in [-0.3, -0.25) is 0 Å². The lowest BCUT2D eigenvalue weighted by Crippen LogP contribution is -2.49. The van der Waals surface area contributed by atoms with Crippen molar-refractivity contribution >= 4 is 15.9 Å². The largest absolute Gasteiger partial charge is 0.374 e. The van der Waals surface area contributed by atoms with Crippen LogP contribution in [0.25, 0.3) is 0 Å². The summed E-state index contributed by atoms with van der Waals surface area (Å²) in [5, 5.41) is 1.15. The van der Waals surface area contributed by atoms with Gasteiger partial charge in [0.25, 0.3) is 0 Å². The summed E-state index contributed by atoms with van der Waals surface area (Å²) in [6, 6.07) is 0. The molecule has 2 unspecified atom stereocenters. The molecule has 14 heavy (non-hydrogen) atoms. The molecule has 0 aromatic carbocycles. The second-order valence-electron chi connectivity index (χ2n) is 5.30.